The van der Waals surface area contributed by atoms with E-state index in [9.17, 15) is 14.7 Å². The average Bonchev–Trinajstić information content (AvgIpc) is 3.20. The van der Waals surface area contributed by atoms with Gasteiger partial charge in [-0.3, -0.25) is 14.5 Å². The van der Waals surface area contributed by atoms with Crippen LogP contribution in [0, 0.1) is 0 Å². The van der Waals surface area contributed by atoms with E-state index in [1.165, 1.54) is 19.1 Å². The van der Waals surface area contributed by atoms with Gasteiger partial charge in [0.05, 0.1) is 38.1 Å². The lowest BCUT2D eigenvalue weighted by atomic mass is 9.94. The first-order valence-corrected chi connectivity index (χ1v) is 12.4. The van der Waals surface area contributed by atoms with Crippen LogP contribution in [-0.4, -0.2) is 51.7 Å². The second-order valence-corrected chi connectivity index (χ2v) is 9.01. The Kier molecular flexibility index (Phi) is 7.90. The highest BCUT2D eigenvalue weighted by atomic mass is 16.5. The molecular weight excluding hydrogens is 484 g/mol. The van der Waals surface area contributed by atoms with E-state index in [1.807, 2.05) is 56.3 Å². The minimum atomic E-state index is -0.924. The second kappa shape index (κ2) is 11.3. The summed E-state index contributed by atoms with van der Waals surface area (Å²) >= 11 is 0. The van der Waals surface area contributed by atoms with Crippen LogP contribution in [-0.2, 0) is 9.59 Å². The molecule has 3 aromatic carbocycles. The SMILES string of the molecule is CCCOc1ccccc1N1C(=O)C(=O)/C(=C(/O)c2c(OC)cccc2OC)C1c1ccc(N(C)C)cc1. The predicted molar refractivity (Wildman–Crippen MR) is 147 cm³/mol. The highest BCUT2D eigenvalue weighted by Crippen LogP contribution is 2.47. The number of ketones is 1. The fraction of sp³-hybridized carbons (Fsp3) is 0.267. The van der Waals surface area contributed by atoms with Crippen molar-refractivity contribution in [3.63, 3.8) is 0 Å². The van der Waals surface area contributed by atoms with Crippen molar-refractivity contribution < 1.29 is 28.9 Å². The fourth-order valence-electron chi connectivity index (χ4n) is 4.56. The van der Waals surface area contributed by atoms with Crippen LogP contribution in [0.25, 0.3) is 5.76 Å². The van der Waals surface area contributed by atoms with Gasteiger partial charge in [0.2, 0.25) is 0 Å². The summed E-state index contributed by atoms with van der Waals surface area (Å²) in [6.07, 6.45) is 0.774. The van der Waals surface area contributed by atoms with Crippen molar-refractivity contribution in [1.82, 2.24) is 0 Å². The van der Waals surface area contributed by atoms with E-state index in [4.69, 9.17) is 14.2 Å². The maximum atomic E-state index is 13.7. The molecule has 0 aromatic heterocycles. The first-order valence-electron chi connectivity index (χ1n) is 12.4. The zero-order chi connectivity index (χ0) is 27.4. The van der Waals surface area contributed by atoms with Gasteiger partial charge in [-0.25, -0.2) is 0 Å². The number of hydrogen-bond acceptors (Lipinski definition) is 7. The number of Topliss-reactive ketones (excluding diaryl/α,β-unsaturated/α-hetero) is 1. The molecule has 1 saturated heterocycles. The fourth-order valence-corrected chi connectivity index (χ4v) is 4.56. The van der Waals surface area contributed by atoms with Crippen molar-refractivity contribution in [3.8, 4) is 17.2 Å². The Bertz CT molecular complexity index is 1340. The van der Waals surface area contributed by atoms with E-state index in [0.29, 0.717) is 35.1 Å². The Balaban J connectivity index is 1.99. The van der Waals surface area contributed by atoms with Crippen LogP contribution in [0.5, 0.6) is 17.2 Å². The molecule has 8 heteroatoms. The maximum Gasteiger partial charge on any atom is 0.300 e. The van der Waals surface area contributed by atoms with Gasteiger partial charge in [-0.15, -0.1) is 0 Å². The maximum absolute atomic E-state index is 13.7. The highest BCUT2D eigenvalue weighted by molar-refractivity contribution is 6.52. The number of amides is 1. The van der Waals surface area contributed by atoms with Crippen molar-refractivity contribution in [2.45, 2.75) is 19.4 Å². The summed E-state index contributed by atoms with van der Waals surface area (Å²) in [5.41, 5.74) is 2.16. The average molecular weight is 517 g/mol. The number of aliphatic hydroxyl groups is 1. The Morgan fingerprint density at radius 1 is 0.895 bits per heavy atom. The number of ether oxygens (including phenoxy) is 3. The molecule has 198 valence electrons. The number of carbonyl (C=O) groups is 2. The van der Waals surface area contributed by atoms with E-state index < -0.39 is 17.7 Å². The molecule has 1 amide bonds. The van der Waals surface area contributed by atoms with E-state index in [-0.39, 0.29) is 16.9 Å². The van der Waals surface area contributed by atoms with Crippen LogP contribution in [0.4, 0.5) is 11.4 Å². The summed E-state index contributed by atoms with van der Waals surface area (Å²) < 4.78 is 16.9. The first kappa shape index (κ1) is 26.6. The standard InChI is InChI=1S/C30H32N2O6/c1-6-18-38-22-11-8-7-10-21(22)32-27(19-14-16-20(17-15-19)31(2)3)26(29(34)30(32)35)28(33)25-23(36-4)12-9-13-24(25)37-5/h7-17,27,33H,6,18H2,1-5H3/b28-26+. The van der Waals surface area contributed by atoms with Crippen molar-refractivity contribution in [2.75, 3.05) is 44.7 Å². The number of carbonyl (C=O) groups excluding carboxylic acids is 2. The molecule has 0 aliphatic carbocycles. The normalized spacial score (nSPS) is 16.4. The largest absolute Gasteiger partial charge is 0.506 e. The molecule has 4 rings (SSSR count). The number of rotatable bonds is 9. The third-order valence-corrected chi connectivity index (χ3v) is 6.42. The molecular formula is C30H32N2O6. The van der Waals surface area contributed by atoms with Gasteiger partial charge < -0.3 is 24.2 Å². The van der Waals surface area contributed by atoms with Crippen LogP contribution >= 0.6 is 0 Å². The van der Waals surface area contributed by atoms with Gasteiger partial charge in [0, 0.05) is 19.8 Å². The molecule has 8 nitrogen and oxygen atoms in total. The number of anilines is 2. The Hall–Kier alpha value is -4.46. The monoisotopic (exact) mass is 516 g/mol. The topological polar surface area (TPSA) is 88.5 Å². The van der Waals surface area contributed by atoms with Crippen molar-refractivity contribution in [1.29, 1.82) is 0 Å². The minimum absolute atomic E-state index is 0.0688. The molecule has 1 aliphatic heterocycles. The van der Waals surface area contributed by atoms with Gasteiger partial charge in [0.25, 0.3) is 11.7 Å². The van der Waals surface area contributed by atoms with Crippen LogP contribution in [0.3, 0.4) is 0 Å². The van der Waals surface area contributed by atoms with Crippen LogP contribution < -0.4 is 24.0 Å². The number of methoxy groups -OCH3 is 2. The number of hydrogen-bond donors (Lipinski definition) is 1. The zero-order valence-electron chi connectivity index (χ0n) is 22.2. The van der Waals surface area contributed by atoms with Crippen molar-refractivity contribution in [2.24, 2.45) is 0 Å². The lowest BCUT2D eigenvalue weighted by Crippen LogP contribution is -2.30. The molecule has 38 heavy (non-hydrogen) atoms. The smallest absolute Gasteiger partial charge is 0.300 e. The molecule has 1 heterocycles. The van der Waals surface area contributed by atoms with Crippen LogP contribution in [0.15, 0.2) is 72.3 Å². The third kappa shape index (κ3) is 4.77. The molecule has 3 aromatic rings. The predicted octanol–water partition coefficient (Wildman–Crippen LogP) is 5.18. The van der Waals surface area contributed by atoms with Crippen LogP contribution in [0.2, 0.25) is 0 Å². The Morgan fingerprint density at radius 2 is 1.50 bits per heavy atom. The van der Waals surface area contributed by atoms with Crippen molar-refractivity contribution >= 4 is 28.8 Å². The molecule has 1 N–H and O–H groups in total. The van der Waals surface area contributed by atoms with Gasteiger partial charge >= 0.3 is 0 Å². The molecule has 0 spiro atoms. The molecule has 0 bridgehead atoms. The summed E-state index contributed by atoms with van der Waals surface area (Å²) in [4.78, 5) is 30.6. The Morgan fingerprint density at radius 3 is 2.08 bits per heavy atom. The molecule has 0 saturated carbocycles. The second-order valence-electron chi connectivity index (χ2n) is 9.01. The van der Waals surface area contributed by atoms with Gasteiger partial charge in [-0.1, -0.05) is 37.3 Å². The molecule has 1 aliphatic rings. The summed E-state index contributed by atoms with van der Waals surface area (Å²) in [7, 11) is 6.78. The van der Waals surface area contributed by atoms with E-state index in [0.717, 1.165) is 12.1 Å². The first-order chi connectivity index (χ1) is 18.3. The van der Waals surface area contributed by atoms with E-state index in [1.54, 1.807) is 36.4 Å². The van der Waals surface area contributed by atoms with Gasteiger partial charge in [-0.2, -0.15) is 0 Å². The number of nitrogens with zero attached hydrogens (tertiary/aromatic N) is 2. The van der Waals surface area contributed by atoms with Gasteiger partial charge in [0.15, 0.2) is 0 Å². The van der Waals surface area contributed by atoms with Gasteiger partial charge in [0.1, 0.15) is 28.6 Å². The molecule has 1 fully saturated rings. The third-order valence-electron chi connectivity index (χ3n) is 6.42. The summed E-state index contributed by atoms with van der Waals surface area (Å²) in [5, 5.41) is 11.7. The van der Waals surface area contributed by atoms with E-state index in [2.05, 4.69) is 0 Å². The lowest BCUT2D eigenvalue weighted by molar-refractivity contribution is -0.132. The number of benzene rings is 3. The summed E-state index contributed by atoms with van der Waals surface area (Å²) in [6, 6.07) is 18.7. The number of para-hydroxylation sites is 2. The molecule has 1 atom stereocenters. The van der Waals surface area contributed by atoms with Crippen LogP contribution in [0.1, 0.15) is 30.5 Å². The quantitative estimate of drug-likeness (QED) is 0.238. The molecule has 1 unspecified atom stereocenters. The lowest BCUT2D eigenvalue weighted by Gasteiger charge is -2.27. The Labute approximate surface area is 222 Å². The zero-order valence-corrected chi connectivity index (χ0v) is 22.2. The van der Waals surface area contributed by atoms with Crippen molar-refractivity contribution in [3.05, 3.63) is 83.4 Å². The highest BCUT2D eigenvalue weighted by Gasteiger charge is 2.48. The molecule has 0 radical (unpaired) electrons. The number of aliphatic hydroxyl groups excluding tert-OH is 1. The van der Waals surface area contributed by atoms with Gasteiger partial charge in [-0.05, 0) is 48.4 Å². The minimum Gasteiger partial charge on any atom is -0.506 e. The summed E-state index contributed by atoms with van der Waals surface area (Å²) in [6.45, 7) is 2.43. The van der Waals surface area contributed by atoms with E-state index >= 15 is 0 Å². The summed E-state index contributed by atoms with van der Waals surface area (Å²) in [5.74, 6) is -0.880.